The first-order valence-corrected chi connectivity index (χ1v) is 6.55. The largest absolute Gasteiger partial charge is 0.328 e. The fourth-order valence-electron chi connectivity index (χ4n) is 3.02. The molecule has 18 heavy (non-hydrogen) atoms. The Labute approximate surface area is 106 Å². The second-order valence-electron chi connectivity index (χ2n) is 5.18. The maximum atomic E-state index is 12.0. The zero-order chi connectivity index (χ0) is 12.7. The van der Waals surface area contributed by atoms with Crippen molar-refractivity contribution >= 4 is 11.0 Å². The fraction of sp³-hybridized carbons (Fsp3) is 0.500. The van der Waals surface area contributed by atoms with E-state index in [2.05, 4.69) is 11.4 Å². The molecule has 4 nitrogen and oxygen atoms in total. The third-order valence-electron chi connectivity index (χ3n) is 4.00. The first-order chi connectivity index (χ1) is 8.68. The number of rotatable bonds is 2. The standard InChI is InChI=1S/C14H19N3O/c1-16-12-7-3-5-10(9-11-6-4-8-15-11)13(12)17(2)14(16)18/h3,5,7,11,15H,4,6,8-9H2,1-2H3. The molecule has 0 bridgehead atoms. The van der Waals surface area contributed by atoms with E-state index in [1.165, 1.54) is 18.4 Å². The molecule has 1 N–H and O–H groups in total. The maximum Gasteiger partial charge on any atom is 0.328 e. The summed E-state index contributed by atoms with van der Waals surface area (Å²) < 4.78 is 3.49. The Balaban J connectivity index is 2.11. The number of benzene rings is 1. The van der Waals surface area contributed by atoms with Crippen LogP contribution in [-0.4, -0.2) is 21.7 Å². The van der Waals surface area contributed by atoms with E-state index in [0.717, 1.165) is 24.0 Å². The van der Waals surface area contributed by atoms with Crippen molar-refractivity contribution < 1.29 is 0 Å². The highest BCUT2D eigenvalue weighted by Crippen LogP contribution is 2.20. The van der Waals surface area contributed by atoms with Gasteiger partial charge in [0.05, 0.1) is 11.0 Å². The number of imidazole rings is 1. The average molecular weight is 245 g/mol. The lowest BCUT2D eigenvalue weighted by Crippen LogP contribution is -2.24. The Kier molecular flexibility index (Phi) is 2.74. The molecular formula is C14H19N3O. The van der Waals surface area contributed by atoms with Crippen molar-refractivity contribution in [1.82, 2.24) is 14.5 Å². The molecule has 1 unspecified atom stereocenters. The summed E-state index contributed by atoms with van der Waals surface area (Å²) in [6.45, 7) is 1.12. The van der Waals surface area contributed by atoms with E-state index in [-0.39, 0.29) is 5.69 Å². The van der Waals surface area contributed by atoms with Crippen molar-refractivity contribution in [3.63, 3.8) is 0 Å². The zero-order valence-corrected chi connectivity index (χ0v) is 10.9. The monoisotopic (exact) mass is 245 g/mol. The first-order valence-electron chi connectivity index (χ1n) is 6.55. The number of hydrogen-bond acceptors (Lipinski definition) is 2. The lowest BCUT2D eigenvalue weighted by atomic mass is 10.0. The molecule has 1 aromatic heterocycles. The molecule has 1 aromatic carbocycles. The molecule has 1 saturated heterocycles. The van der Waals surface area contributed by atoms with Gasteiger partial charge < -0.3 is 5.32 Å². The topological polar surface area (TPSA) is 39.0 Å². The van der Waals surface area contributed by atoms with Crippen LogP contribution in [0.3, 0.4) is 0 Å². The molecule has 1 aliphatic heterocycles. The highest BCUT2D eigenvalue weighted by molar-refractivity contribution is 5.79. The Morgan fingerprint density at radius 1 is 1.33 bits per heavy atom. The van der Waals surface area contributed by atoms with E-state index >= 15 is 0 Å². The number of nitrogens with zero attached hydrogens (tertiary/aromatic N) is 2. The van der Waals surface area contributed by atoms with Gasteiger partial charge in [0.1, 0.15) is 0 Å². The maximum absolute atomic E-state index is 12.0. The van der Waals surface area contributed by atoms with E-state index < -0.39 is 0 Å². The Hall–Kier alpha value is -1.55. The summed E-state index contributed by atoms with van der Waals surface area (Å²) in [4.78, 5) is 12.0. The van der Waals surface area contributed by atoms with Crippen LogP contribution >= 0.6 is 0 Å². The SMILES string of the molecule is Cn1c(=O)n(C)c2c(CC3CCCN3)cccc21. The molecule has 3 rings (SSSR count). The number of aryl methyl sites for hydroxylation is 2. The lowest BCUT2D eigenvalue weighted by molar-refractivity contribution is 0.604. The van der Waals surface area contributed by atoms with Crippen LogP contribution in [0.5, 0.6) is 0 Å². The van der Waals surface area contributed by atoms with Crippen LogP contribution in [0.1, 0.15) is 18.4 Å². The van der Waals surface area contributed by atoms with Crippen LogP contribution < -0.4 is 11.0 Å². The van der Waals surface area contributed by atoms with Gasteiger partial charge in [0.25, 0.3) is 0 Å². The van der Waals surface area contributed by atoms with Crippen molar-refractivity contribution in [2.24, 2.45) is 14.1 Å². The highest BCUT2D eigenvalue weighted by Gasteiger charge is 2.18. The van der Waals surface area contributed by atoms with Gasteiger partial charge in [0.2, 0.25) is 0 Å². The van der Waals surface area contributed by atoms with E-state index in [9.17, 15) is 4.79 Å². The van der Waals surface area contributed by atoms with Crippen LogP contribution in [0, 0.1) is 0 Å². The van der Waals surface area contributed by atoms with Crippen molar-refractivity contribution in [2.75, 3.05) is 6.54 Å². The average Bonchev–Trinajstić information content (AvgIpc) is 2.95. The molecule has 1 aliphatic rings. The minimum absolute atomic E-state index is 0.0526. The van der Waals surface area contributed by atoms with Crippen molar-refractivity contribution in [2.45, 2.75) is 25.3 Å². The van der Waals surface area contributed by atoms with Gasteiger partial charge in [-0.3, -0.25) is 9.13 Å². The summed E-state index contributed by atoms with van der Waals surface area (Å²) in [6, 6.07) is 6.77. The molecule has 2 heterocycles. The van der Waals surface area contributed by atoms with Gasteiger partial charge in [-0.25, -0.2) is 4.79 Å². The fourth-order valence-corrected chi connectivity index (χ4v) is 3.02. The minimum Gasteiger partial charge on any atom is -0.314 e. The zero-order valence-electron chi connectivity index (χ0n) is 10.9. The van der Waals surface area contributed by atoms with Gasteiger partial charge in [-0.1, -0.05) is 12.1 Å². The smallest absolute Gasteiger partial charge is 0.314 e. The molecule has 0 aliphatic carbocycles. The van der Waals surface area contributed by atoms with Gasteiger partial charge in [0, 0.05) is 20.1 Å². The van der Waals surface area contributed by atoms with Crippen molar-refractivity contribution in [1.29, 1.82) is 0 Å². The quantitative estimate of drug-likeness (QED) is 0.862. The van der Waals surface area contributed by atoms with Crippen molar-refractivity contribution in [3.05, 3.63) is 34.2 Å². The third kappa shape index (κ3) is 1.68. The van der Waals surface area contributed by atoms with E-state index in [0.29, 0.717) is 6.04 Å². The van der Waals surface area contributed by atoms with Crippen LogP contribution in [0.25, 0.3) is 11.0 Å². The number of nitrogens with one attached hydrogen (secondary N) is 1. The summed E-state index contributed by atoms with van der Waals surface area (Å²) >= 11 is 0. The second kappa shape index (κ2) is 4.28. The molecule has 0 spiro atoms. The molecule has 0 radical (unpaired) electrons. The second-order valence-corrected chi connectivity index (χ2v) is 5.18. The Bertz CT molecular complexity index is 632. The van der Waals surface area contributed by atoms with Gasteiger partial charge in [-0.15, -0.1) is 0 Å². The van der Waals surface area contributed by atoms with E-state index in [1.54, 1.807) is 9.13 Å². The predicted octanol–water partition coefficient (Wildman–Crippen LogP) is 1.17. The third-order valence-corrected chi connectivity index (χ3v) is 4.00. The van der Waals surface area contributed by atoms with Crippen molar-refractivity contribution in [3.8, 4) is 0 Å². The van der Waals surface area contributed by atoms with Crippen LogP contribution in [0.4, 0.5) is 0 Å². The summed E-state index contributed by atoms with van der Waals surface area (Å²) in [6.07, 6.45) is 3.50. The summed E-state index contributed by atoms with van der Waals surface area (Å²) in [5.41, 5.74) is 3.43. The minimum atomic E-state index is 0.0526. The van der Waals surface area contributed by atoms with Crippen LogP contribution in [-0.2, 0) is 20.5 Å². The molecule has 0 saturated carbocycles. The highest BCUT2D eigenvalue weighted by atomic mass is 16.1. The van der Waals surface area contributed by atoms with E-state index in [1.807, 2.05) is 26.2 Å². The summed E-state index contributed by atoms with van der Waals surface area (Å²) in [7, 11) is 3.69. The molecular weight excluding hydrogens is 226 g/mol. The molecule has 1 atom stereocenters. The summed E-state index contributed by atoms with van der Waals surface area (Å²) in [5, 5.41) is 3.52. The normalized spacial score (nSPS) is 19.8. The lowest BCUT2D eigenvalue weighted by Gasteiger charge is -2.11. The first kappa shape index (κ1) is 11.5. The molecule has 2 aromatic rings. The Morgan fingerprint density at radius 3 is 2.89 bits per heavy atom. The number of fused-ring (bicyclic) bond motifs is 1. The van der Waals surface area contributed by atoms with Gasteiger partial charge in [-0.2, -0.15) is 0 Å². The Morgan fingerprint density at radius 2 is 2.17 bits per heavy atom. The number of hydrogen-bond donors (Lipinski definition) is 1. The molecule has 0 amide bonds. The predicted molar refractivity (Wildman–Crippen MR) is 72.9 cm³/mol. The van der Waals surface area contributed by atoms with Gasteiger partial charge >= 0.3 is 5.69 Å². The number of aromatic nitrogens is 2. The van der Waals surface area contributed by atoms with Gasteiger partial charge in [0.15, 0.2) is 0 Å². The van der Waals surface area contributed by atoms with E-state index in [4.69, 9.17) is 0 Å². The van der Waals surface area contributed by atoms with Crippen LogP contribution in [0.2, 0.25) is 0 Å². The van der Waals surface area contributed by atoms with Gasteiger partial charge in [-0.05, 0) is 37.4 Å². The van der Waals surface area contributed by atoms with Crippen LogP contribution in [0.15, 0.2) is 23.0 Å². The number of para-hydroxylation sites is 1. The molecule has 4 heteroatoms. The molecule has 1 fully saturated rings. The summed E-state index contributed by atoms with van der Waals surface area (Å²) in [5.74, 6) is 0. The molecule has 96 valence electrons.